The molecule has 0 N–H and O–H groups in total. The summed E-state index contributed by atoms with van der Waals surface area (Å²) in [7, 11) is 0. The number of carbonyl (C=O) groups is 1. The Labute approximate surface area is 90.3 Å². The number of rotatable bonds is 4. The van der Waals surface area contributed by atoms with Gasteiger partial charge in [0.2, 0.25) is 0 Å². The minimum atomic E-state index is -0.478. The number of ketones is 1. The molecule has 2 rings (SSSR count). The summed E-state index contributed by atoms with van der Waals surface area (Å²) in [5.41, 5.74) is 0.733. The van der Waals surface area contributed by atoms with Crippen LogP contribution in [-0.2, 0) is 16.0 Å². The van der Waals surface area contributed by atoms with E-state index in [1.165, 1.54) is 5.56 Å². The van der Waals surface area contributed by atoms with Crippen LogP contribution in [0.2, 0.25) is 0 Å². The standard InChI is InChI=1S/C13H16O2/c1-10(12(14)13(2)9-15-13)8-11-6-4-3-5-7-11/h3-7,10H,8-9H2,1-2H3/t10-,13-/m0/s1. The van der Waals surface area contributed by atoms with Crippen molar-refractivity contribution >= 4 is 5.78 Å². The summed E-state index contributed by atoms with van der Waals surface area (Å²) in [5, 5.41) is 0. The van der Waals surface area contributed by atoms with Crippen LogP contribution in [0.3, 0.4) is 0 Å². The summed E-state index contributed by atoms with van der Waals surface area (Å²) in [6.45, 7) is 4.43. The topological polar surface area (TPSA) is 29.6 Å². The van der Waals surface area contributed by atoms with Gasteiger partial charge < -0.3 is 4.74 Å². The zero-order valence-corrected chi connectivity index (χ0v) is 9.19. The second kappa shape index (κ2) is 3.78. The monoisotopic (exact) mass is 204 g/mol. The molecule has 0 aromatic heterocycles. The number of hydrogen-bond donors (Lipinski definition) is 0. The average molecular weight is 204 g/mol. The van der Waals surface area contributed by atoms with Crippen molar-refractivity contribution < 1.29 is 9.53 Å². The van der Waals surface area contributed by atoms with Gasteiger partial charge >= 0.3 is 0 Å². The fourth-order valence-corrected chi connectivity index (χ4v) is 1.83. The molecule has 1 saturated heterocycles. The Morgan fingerprint density at radius 1 is 1.47 bits per heavy atom. The number of hydrogen-bond acceptors (Lipinski definition) is 2. The van der Waals surface area contributed by atoms with E-state index in [0.717, 1.165) is 6.42 Å². The number of carbonyl (C=O) groups excluding carboxylic acids is 1. The summed E-state index contributed by atoms with van der Waals surface area (Å²) in [4.78, 5) is 11.9. The van der Waals surface area contributed by atoms with Crippen LogP contribution in [0.25, 0.3) is 0 Å². The van der Waals surface area contributed by atoms with E-state index >= 15 is 0 Å². The Kier molecular flexibility index (Phi) is 2.61. The molecule has 1 fully saturated rings. The maximum absolute atomic E-state index is 11.9. The first-order valence-electron chi connectivity index (χ1n) is 5.34. The molecule has 15 heavy (non-hydrogen) atoms. The SMILES string of the molecule is C[C@@H](Cc1ccccc1)C(=O)[C@]1(C)CO1. The van der Waals surface area contributed by atoms with E-state index in [4.69, 9.17) is 4.74 Å². The molecular weight excluding hydrogens is 188 g/mol. The normalized spacial score (nSPS) is 26.0. The molecule has 0 spiro atoms. The van der Waals surface area contributed by atoms with Crippen molar-refractivity contribution in [2.45, 2.75) is 25.9 Å². The van der Waals surface area contributed by atoms with Gasteiger partial charge in [-0.3, -0.25) is 4.79 Å². The summed E-state index contributed by atoms with van der Waals surface area (Å²) in [6.07, 6.45) is 0.804. The highest BCUT2D eigenvalue weighted by Gasteiger charge is 2.48. The average Bonchev–Trinajstić information content (AvgIpc) is 2.98. The number of benzene rings is 1. The van der Waals surface area contributed by atoms with Gasteiger partial charge in [0.05, 0.1) is 6.61 Å². The van der Waals surface area contributed by atoms with Crippen molar-refractivity contribution in [1.82, 2.24) is 0 Å². The second-order valence-electron chi connectivity index (χ2n) is 4.47. The third-order valence-corrected chi connectivity index (χ3v) is 2.93. The first-order chi connectivity index (χ1) is 7.12. The van der Waals surface area contributed by atoms with Gasteiger partial charge in [-0.05, 0) is 18.9 Å². The molecule has 1 aromatic carbocycles. The summed E-state index contributed by atoms with van der Waals surface area (Å²) < 4.78 is 5.17. The predicted molar refractivity (Wildman–Crippen MR) is 58.7 cm³/mol. The minimum Gasteiger partial charge on any atom is -0.362 e. The van der Waals surface area contributed by atoms with Gasteiger partial charge in [0.25, 0.3) is 0 Å². The van der Waals surface area contributed by atoms with Crippen LogP contribution >= 0.6 is 0 Å². The second-order valence-corrected chi connectivity index (χ2v) is 4.47. The molecule has 0 radical (unpaired) electrons. The van der Waals surface area contributed by atoms with Crippen molar-refractivity contribution in [2.75, 3.05) is 6.61 Å². The van der Waals surface area contributed by atoms with Gasteiger partial charge in [-0.15, -0.1) is 0 Å². The highest BCUT2D eigenvalue weighted by Crippen LogP contribution is 2.30. The molecule has 0 unspecified atom stereocenters. The van der Waals surface area contributed by atoms with Crippen LogP contribution in [0, 0.1) is 5.92 Å². The molecule has 80 valence electrons. The van der Waals surface area contributed by atoms with E-state index in [0.29, 0.717) is 6.61 Å². The largest absolute Gasteiger partial charge is 0.362 e. The van der Waals surface area contributed by atoms with E-state index < -0.39 is 5.60 Å². The molecule has 0 bridgehead atoms. The third-order valence-electron chi connectivity index (χ3n) is 2.93. The first kappa shape index (κ1) is 10.4. The predicted octanol–water partition coefficient (Wildman–Crippen LogP) is 2.22. The van der Waals surface area contributed by atoms with Crippen LogP contribution in [0.1, 0.15) is 19.4 Å². The lowest BCUT2D eigenvalue weighted by Gasteiger charge is -2.12. The van der Waals surface area contributed by atoms with Crippen LogP contribution < -0.4 is 0 Å². The molecule has 1 aromatic rings. The van der Waals surface area contributed by atoms with Crippen LogP contribution in [-0.4, -0.2) is 18.0 Å². The number of epoxide rings is 1. The highest BCUT2D eigenvalue weighted by molar-refractivity contribution is 5.91. The Bertz CT molecular complexity index is 352. The molecule has 1 heterocycles. The van der Waals surface area contributed by atoms with E-state index in [2.05, 4.69) is 12.1 Å². The van der Waals surface area contributed by atoms with Gasteiger partial charge in [0.1, 0.15) is 5.60 Å². The Morgan fingerprint density at radius 3 is 2.60 bits per heavy atom. The van der Waals surface area contributed by atoms with E-state index in [9.17, 15) is 4.79 Å². The Hall–Kier alpha value is -1.15. The van der Waals surface area contributed by atoms with Crippen LogP contribution in [0.5, 0.6) is 0 Å². The lowest BCUT2D eigenvalue weighted by Crippen LogP contribution is -2.28. The molecule has 0 saturated carbocycles. The van der Waals surface area contributed by atoms with Crippen LogP contribution in [0.15, 0.2) is 30.3 Å². The molecule has 2 nitrogen and oxygen atoms in total. The smallest absolute Gasteiger partial charge is 0.169 e. The van der Waals surface area contributed by atoms with Crippen molar-refractivity contribution in [3.05, 3.63) is 35.9 Å². The summed E-state index contributed by atoms with van der Waals surface area (Å²) in [6, 6.07) is 10.1. The Balaban J connectivity index is 1.98. The van der Waals surface area contributed by atoms with Crippen molar-refractivity contribution in [3.8, 4) is 0 Å². The van der Waals surface area contributed by atoms with E-state index in [-0.39, 0.29) is 11.7 Å². The van der Waals surface area contributed by atoms with Gasteiger partial charge in [0, 0.05) is 5.92 Å². The zero-order valence-electron chi connectivity index (χ0n) is 9.19. The summed E-state index contributed by atoms with van der Waals surface area (Å²) >= 11 is 0. The van der Waals surface area contributed by atoms with Gasteiger partial charge in [-0.25, -0.2) is 0 Å². The Morgan fingerprint density at radius 2 is 2.07 bits per heavy atom. The first-order valence-corrected chi connectivity index (χ1v) is 5.34. The molecule has 1 aliphatic rings. The molecule has 2 atom stereocenters. The zero-order chi connectivity index (χ0) is 10.9. The minimum absolute atomic E-state index is 0.0416. The number of Topliss-reactive ketones (excluding diaryl/α,β-unsaturated/α-hetero) is 1. The van der Waals surface area contributed by atoms with Crippen LogP contribution in [0.4, 0.5) is 0 Å². The maximum atomic E-state index is 11.9. The van der Waals surface area contributed by atoms with E-state index in [1.807, 2.05) is 32.0 Å². The molecule has 0 amide bonds. The van der Waals surface area contributed by atoms with Gasteiger partial charge in [-0.1, -0.05) is 37.3 Å². The lowest BCUT2D eigenvalue weighted by molar-refractivity contribution is -0.127. The number of ether oxygens (including phenoxy) is 1. The quantitative estimate of drug-likeness (QED) is 0.704. The third kappa shape index (κ3) is 2.26. The van der Waals surface area contributed by atoms with Crippen molar-refractivity contribution in [3.63, 3.8) is 0 Å². The molecule has 0 aliphatic carbocycles. The van der Waals surface area contributed by atoms with Crippen molar-refractivity contribution in [1.29, 1.82) is 0 Å². The maximum Gasteiger partial charge on any atom is 0.169 e. The van der Waals surface area contributed by atoms with Gasteiger partial charge in [0.15, 0.2) is 5.78 Å². The highest BCUT2D eigenvalue weighted by atomic mass is 16.6. The fourth-order valence-electron chi connectivity index (χ4n) is 1.83. The van der Waals surface area contributed by atoms with E-state index in [1.54, 1.807) is 0 Å². The molecule has 1 aliphatic heterocycles. The summed E-state index contributed by atoms with van der Waals surface area (Å²) in [5.74, 6) is 0.270. The molecular formula is C13H16O2. The fraction of sp³-hybridized carbons (Fsp3) is 0.462. The lowest BCUT2D eigenvalue weighted by atomic mass is 9.90. The van der Waals surface area contributed by atoms with Gasteiger partial charge in [-0.2, -0.15) is 0 Å². The van der Waals surface area contributed by atoms with Crippen molar-refractivity contribution in [2.24, 2.45) is 5.92 Å². The molecule has 2 heteroatoms.